The lowest BCUT2D eigenvalue weighted by Gasteiger charge is -2.21. The molecule has 26 heavy (non-hydrogen) atoms. The zero-order valence-electron chi connectivity index (χ0n) is 15.6. The third-order valence-corrected chi connectivity index (χ3v) is 5.48. The number of ether oxygens (including phenoxy) is 1. The van der Waals surface area contributed by atoms with Crippen LogP contribution >= 0.6 is 11.6 Å². The maximum atomic E-state index is 12.7. The fraction of sp³-hybridized carbons (Fsp3) is 0.409. The minimum Gasteiger partial charge on any atom is -0.481 e. The molecule has 2 atom stereocenters. The van der Waals surface area contributed by atoms with Gasteiger partial charge < -0.3 is 10.1 Å². The van der Waals surface area contributed by atoms with Gasteiger partial charge in [0.2, 0.25) is 0 Å². The van der Waals surface area contributed by atoms with E-state index >= 15 is 0 Å². The summed E-state index contributed by atoms with van der Waals surface area (Å²) in [7, 11) is 0. The van der Waals surface area contributed by atoms with E-state index in [0.29, 0.717) is 17.2 Å². The van der Waals surface area contributed by atoms with Crippen LogP contribution in [0.4, 0.5) is 0 Å². The third kappa shape index (κ3) is 4.21. The molecule has 1 N–H and O–H groups in total. The molecule has 0 saturated heterocycles. The Bertz CT molecular complexity index is 803. The molecule has 3 nitrogen and oxygen atoms in total. The Morgan fingerprint density at radius 3 is 2.69 bits per heavy atom. The van der Waals surface area contributed by atoms with E-state index in [1.165, 1.54) is 24.0 Å². The molecular formula is C22H26ClNO2. The van der Waals surface area contributed by atoms with Crippen molar-refractivity contribution in [3.8, 4) is 5.75 Å². The first-order chi connectivity index (χ1) is 12.5. The molecule has 1 amide bonds. The first-order valence-electron chi connectivity index (χ1n) is 9.32. The highest BCUT2D eigenvalue weighted by atomic mass is 35.5. The lowest BCUT2D eigenvalue weighted by Crippen LogP contribution is -2.39. The van der Waals surface area contributed by atoms with E-state index in [0.717, 1.165) is 17.5 Å². The normalized spacial score (nSPS) is 15.2. The van der Waals surface area contributed by atoms with Crippen molar-refractivity contribution in [3.63, 3.8) is 0 Å². The van der Waals surface area contributed by atoms with Crippen molar-refractivity contribution < 1.29 is 9.53 Å². The molecule has 138 valence electrons. The number of aryl methyl sites for hydroxylation is 3. The van der Waals surface area contributed by atoms with E-state index in [9.17, 15) is 4.79 Å². The Morgan fingerprint density at radius 1 is 1.19 bits per heavy atom. The molecule has 1 aliphatic rings. The van der Waals surface area contributed by atoms with Gasteiger partial charge in [-0.2, -0.15) is 0 Å². The van der Waals surface area contributed by atoms with Crippen LogP contribution in [0.15, 0.2) is 36.4 Å². The predicted octanol–water partition coefficient (Wildman–Crippen LogP) is 5.17. The summed E-state index contributed by atoms with van der Waals surface area (Å²) in [5.74, 6) is 0.576. The number of amides is 1. The van der Waals surface area contributed by atoms with E-state index in [1.54, 1.807) is 12.1 Å². The number of halogens is 1. The SMILES string of the molecule is CCC(Oc1ccc(Cl)c(C)c1)C(=O)NC(C)c1ccc2c(c1)CCC2. The number of carbonyl (C=O) groups is 1. The second kappa shape index (κ2) is 8.13. The van der Waals surface area contributed by atoms with Gasteiger partial charge in [-0.15, -0.1) is 0 Å². The van der Waals surface area contributed by atoms with Crippen molar-refractivity contribution in [1.82, 2.24) is 5.32 Å². The van der Waals surface area contributed by atoms with Gasteiger partial charge in [0.25, 0.3) is 5.91 Å². The molecule has 4 heteroatoms. The highest BCUT2D eigenvalue weighted by molar-refractivity contribution is 6.31. The van der Waals surface area contributed by atoms with Gasteiger partial charge >= 0.3 is 0 Å². The fourth-order valence-electron chi connectivity index (χ4n) is 3.43. The molecule has 2 aromatic carbocycles. The summed E-state index contributed by atoms with van der Waals surface area (Å²) in [6.45, 7) is 5.90. The van der Waals surface area contributed by atoms with Crippen LogP contribution in [0.5, 0.6) is 5.75 Å². The van der Waals surface area contributed by atoms with Crippen molar-refractivity contribution in [3.05, 3.63) is 63.7 Å². The number of rotatable bonds is 6. The summed E-state index contributed by atoms with van der Waals surface area (Å²) >= 11 is 6.06. The summed E-state index contributed by atoms with van der Waals surface area (Å²) in [5.41, 5.74) is 4.95. The highest BCUT2D eigenvalue weighted by Gasteiger charge is 2.22. The van der Waals surface area contributed by atoms with Crippen LogP contribution in [-0.4, -0.2) is 12.0 Å². The number of benzene rings is 2. The van der Waals surface area contributed by atoms with Crippen LogP contribution in [0.1, 0.15) is 55.0 Å². The minimum atomic E-state index is -0.521. The molecule has 0 radical (unpaired) electrons. The van der Waals surface area contributed by atoms with Gasteiger partial charge in [0, 0.05) is 5.02 Å². The number of hydrogen-bond acceptors (Lipinski definition) is 2. The van der Waals surface area contributed by atoms with Crippen molar-refractivity contribution in [1.29, 1.82) is 0 Å². The summed E-state index contributed by atoms with van der Waals surface area (Å²) < 4.78 is 5.90. The Hall–Kier alpha value is -2.00. The Kier molecular flexibility index (Phi) is 5.87. The highest BCUT2D eigenvalue weighted by Crippen LogP contribution is 2.26. The van der Waals surface area contributed by atoms with Gasteiger partial charge in [0.1, 0.15) is 5.75 Å². The largest absolute Gasteiger partial charge is 0.481 e. The third-order valence-electron chi connectivity index (χ3n) is 5.05. The number of fused-ring (bicyclic) bond motifs is 1. The molecule has 0 spiro atoms. The van der Waals surface area contributed by atoms with Crippen LogP contribution in [0.25, 0.3) is 0 Å². The first kappa shape index (κ1) is 18.8. The van der Waals surface area contributed by atoms with Gasteiger partial charge in [0.15, 0.2) is 6.10 Å². The Labute approximate surface area is 160 Å². The second-order valence-corrected chi connectivity index (χ2v) is 7.44. The van der Waals surface area contributed by atoms with Crippen molar-refractivity contribution in [2.75, 3.05) is 0 Å². The lowest BCUT2D eigenvalue weighted by atomic mass is 10.0. The molecule has 1 aliphatic carbocycles. The second-order valence-electron chi connectivity index (χ2n) is 7.04. The van der Waals surface area contributed by atoms with Crippen molar-refractivity contribution in [2.24, 2.45) is 0 Å². The van der Waals surface area contributed by atoms with Gasteiger partial charge in [-0.3, -0.25) is 4.79 Å². The van der Waals surface area contributed by atoms with Gasteiger partial charge in [-0.1, -0.05) is 36.7 Å². The predicted molar refractivity (Wildman–Crippen MR) is 106 cm³/mol. The zero-order chi connectivity index (χ0) is 18.7. The number of nitrogens with one attached hydrogen (secondary N) is 1. The zero-order valence-corrected chi connectivity index (χ0v) is 16.4. The number of hydrogen-bond donors (Lipinski definition) is 1. The fourth-order valence-corrected chi connectivity index (χ4v) is 3.55. The Balaban J connectivity index is 1.65. The molecular weight excluding hydrogens is 346 g/mol. The molecule has 0 saturated carbocycles. The van der Waals surface area contributed by atoms with Crippen LogP contribution in [0.3, 0.4) is 0 Å². The van der Waals surface area contributed by atoms with Gasteiger partial charge in [-0.25, -0.2) is 0 Å². The van der Waals surface area contributed by atoms with Crippen LogP contribution < -0.4 is 10.1 Å². The molecule has 0 heterocycles. The monoisotopic (exact) mass is 371 g/mol. The van der Waals surface area contributed by atoms with E-state index in [4.69, 9.17) is 16.3 Å². The molecule has 3 rings (SSSR count). The molecule has 0 aromatic heterocycles. The molecule has 2 aromatic rings. The van der Waals surface area contributed by atoms with E-state index < -0.39 is 6.10 Å². The van der Waals surface area contributed by atoms with Gasteiger partial charge in [0.05, 0.1) is 6.04 Å². The maximum absolute atomic E-state index is 12.7. The number of carbonyl (C=O) groups excluding carboxylic acids is 1. The molecule has 0 aliphatic heterocycles. The standard InChI is InChI=1S/C22H26ClNO2/c1-4-21(26-19-10-11-20(23)14(2)12-19)22(25)24-15(3)17-9-8-16-6-5-7-18(16)13-17/h8-13,15,21H,4-7H2,1-3H3,(H,24,25). The average Bonchev–Trinajstić information content (AvgIpc) is 3.10. The van der Waals surface area contributed by atoms with Crippen LogP contribution in [0.2, 0.25) is 5.02 Å². The topological polar surface area (TPSA) is 38.3 Å². The summed E-state index contributed by atoms with van der Waals surface area (Å²) in [4.78, 5) is 12.7. The first-order valence-corrected chi connectivity index (χ1v) is 9.70. The maximum Gasteiger partial charge on any atom is 0.261 e. The Morgan fingerprint density at radius 2 is 1.96 bits per heavy atom. The van der Waals surface area contributed by atoms with Crippen molar-refractivity contribution >= 4 is 17.5 Å². The van der Waals surface area contributed by atoms with Gasteiger partial charge in [-0.05, 0) is 80.0 Å². The summed E-state index contributed by atoms with van der Waals surface area (Å²) in [6, 6.07) is 12.0. The van der Waals surface area contributed by atoms with Crippen molar-refractivity contribution in [2.45, 2.75) is 58.6 Å². The minimum absolute atomic E-state index is 0.0435. The average molecular weight is 372 g/mol. The molecule has 0 fully saturated rings. The summed E-state index contributed by atoms with van der Waals surface area (Å²) in [6.07, 6.45) is 3.62. The van der Waals surface area contributed by atoms with Crippen LogP contribution in [-0.2, 0) is 17.6 Å². The van der Waals surface area contributed by atoms with Crippen LogP contribution in [0, 0.1) is 6.92 Å². The quantitative estimate of drug-likeness (QED) is 0.760. The van der Waals surface area contributed by atoms with E-state index in [2.05, 4.69) is 23.5 Å². The lowest BCUT2D eigenvalue weighted by molar-refractivity contribution is -0.128. The summed E-state index contributed by atoms with van der Waals surface area (Å²) in [5, 5.41) is 3.79. The van der Waals surface area contributed by atoms with E-state index in [-0.39, 0.29) is 11.9 Å². The van der Waals surface area contributed by atoms with E-state index in [1.807, 2.05) is 26.8 Å². The smallest absolute Gasteiger partial charge is 0.261 e. The molecule has 0 bridgehead atoms. The molecule has 2 unspecified atom stereocenters.